The molecule has 2 unspecified atom stereocenters. The average Bonchev–Trinajstić information content (AvgIpc) is 2.18. The molecule has 1 aliphatic heterocycles. The van der Waals surface area contributed by atoms with Gasteiger partial charge in [-0.25, -0.2) is 0 Å². The van der Waals surface area contributed by atoms with Crippen molar-refractivity contribution in [2.45, 2.75) is 56.6 Å². The summed E-state index contributed by atoms with van der Waals surface area (Å²) in [5.74, 6) is 0. The number of hydrogen-bond acceptors (Lipinski definition) is 6. The van der Waals surface area contributed by atoms with Crippen molar-refractivity contribution >= 4 is 0 Å². The molecule has 5 N–H and O–H groups in total. The highest BCUT2D eigenvalue weighted by Gasteiger charge is 2.42. The van der Waals surface area contributed by atoms with Gasteiger partial charge in [-0.05, 0) is 19.8 Å². The maximum atomic E-state index is 9.51. The van der Waals surface area contributed by atoms with Crippen LogP contribution in [-0.2, 0) is 4.74 Å². The molecule has 1 heterocycles. The predicted molar refractivity (Wildman–Crippen MR) is 49.8 cm³/mol. The van der Waals surface area contributed by atoms with Crippen LogP contribution < -0.4 is 0 Å². The highest BCUT2D eigenvalue weighted by Crippen LogP contribution is 2.23. The Hall–Kier alpha value is -0.240. The van der Waals surface area contributed by atoms with E-state index < -0.39 is 36.8 Å². The van der Waals surface area contributed by atoms with Gasteiger partial charge >= 0.3 is 0 Å². The zero-order chi connectivity index (χ0) is 11.6. The van der Waals surface area contributed by atoms with Crippen LogP contribution in [-0.4, -0.2) is 62.3 Å². The Labute approximate surface area is 87.7 Å². The molecule has 90 valence electrons. The molecule has 1 fully saturated rings. The van der Waals surface area contributed by atoms with E-state index in [-0.39, 0.29) is 0 Å². The average molecular weight is 222 g/mol. The van der Waals surface area contributed by atoms with Crippen LogP contribution in [0.25, 0.3) is 0 Å². The van der Waals surface area contributed by atoms with Crippen LogP contribution in [0.15, 0.2) is 0 Å². The first-order valence-electron chi connectivity index (χ1n) is 4.99. The van der Waals surface area contributed by atoms with Crippen molar-refractivity contribution in [2.24, 2.45) is 0 Å². The molecule has 0 spiro atoms. The van der Waals surface area contributed by atoms with Crippen molar-refractivity contribution < 1.29 is 30.3 Å². The second-order valence-corrected chi connectivity index (χ2v) is 3.96. The van der Waals surface area contributed by atoms with Crippen molar-refractivity contribution in [1.82, 2.24) is 0 Å². The molecule has 6 heteroatoms. The number of aliphatic hydroxyl groups excluding tert-OH is 5. The molecule has 6 nitrogen and oxygen atoms in total. The van der Waals surface area contributed by atoms with Gasteiger partial charge in [0.1, 0.15) is 18.3 Å². The molecular weight excluding hydrogens is 204 g/mol. The van der Waals surface area contributed by atoms with Crippen LogP contribution in [0.3, 0.4) is 0 Å². The topological polar surface area (TPSA) is 110 Å². The van der Waals surface area contributed by atoms with Crippen molar-refractivity contribution in [2.75, 3.05) is 0 Å². The van der Waals surface area contributed by atoms with E-state index in [2.05, 4.69) is 0 Å². The molecular formula is C9H18O6. The van der Waals surface area contributed by atoms with E-state index in [1.165, 1.54) is 0 Å². The number of ether oxygens (including phenoxy) is 1. The molecule has 6 atom stereocenters. The zero-order valence-corrected chi connectivity index (χ0v) is 8.52. The van der Waals surface area contributed by atoms with E-state index in [0.717, 1.165) is 0 Å². The lowest BCUT2D eigenvalue weighted by molar-refractivity contribution is -0.283. The van der Waals surface area contributed by atoms with Crippen molar-refractivity contribution in [3.05, 3.63) is 0 Å². The zero-order valence-electron chi connectivity index (χ0n) is 8.52. The molecule has 0 aromatic carbocycles. The molecule has 0 saturated carbocycles. The van der Waals surface area contributed by atoms with Crippen LogP contribution in [0.4, 0.5) is 0 Å². The van der Waals surface area contributed by atoms with E-state index in [1.807, 2.05) is 0 Å². The van der Waals surface area contributed by atoms with Gasteiger partial charge in [0, 0.05) is 0 Å². The second kappa shape index (κ2) is 5.20. The number of aliphatic hydroxyl groups is 5. The first-order valence-corrected chi connectivity index (χ1v) is 4.99. The van der Waals surface area contributed by atoms with Gasteiger partial charge in [0.25, 0.3) is 0 Å². The maximum absolute atomic E-state index is 9.51. The predicted octanol–water partition coefficient (Wildman–Crippen LogP) is -2.05. The summed E-state index contributed by atoms with van der Waals surface area (Å²) in [6.07, 6.45) is -6.29. The molecule has 0 aliphatic carbocycles. The first kappa shape index (κ1) is 12.8. The third-order valence-electron chi connectivity index (χ3n) is 2.56. The second-order valence-electron chi connectivity index (χ2n) is 3.96. The molecule has 0 radical (unpaired) electrons. The Morgan fingerprint density at radius 2 is 1.67 bits per heavy atom. The third kappa shape index (κ3) is 3.10. The standard InChI is InChI=1S/C9H18O6/c1-4(10)2-3-5-6(11)7(12)8(13)9(14)15-5/h4-14H,2-3H2,1H3/t4?,5?,6-,7-,8+,9+/m0/s1. The molecule has 0 aromatic heterocycles. The summed E-state index contributed by atoms with van der Waals surface area (Å²) in [5, 5.41) is 46.3. The quantitative estimate of drug-likeness (QED) is 0.376. The van der Waals surface area contributed by atoms with Gasteiger partial charge in [-0.1, -0.05) is 0 Å². The summed E-state index contributed by atoms with van der Waals surface area (Å²) in [6, 6.07) is 0. The van der Waals surface area contributed by atoms with Gasteiger partial charge < -0.3 is 30.3 Å². The van der Waals surface area contributed by atoms with Crippen LogP contribution in [0.1, 0.15) is 19.8 Å². The summed E-state index contributed by atoms with van der Waals surface area (Å²) in [6.45, 7) is 1.59. The van der Waals surface area contributed by atoms with Crippen LogP contribution >= 0.6 is 0 Å². The summed E-state index contributed by atoms with van der Waals surface area (Å²) in [7, 11) is 0. The van der Waals surface area contributed by atoms with Gasteiger partial charge in [0.2, 0.25) is 0 Å². The van der Waals surface area contributed by atoms with Gasteiger partial charge in [-0.2, -0.15) is 0 Å². The van der Waals surface area contributed by atoms with E-state index in [9.17, 15) is 20.4 Å². The van der Waals surface area contributed by atoms with Crippen LogP contribution in [0.5, 0.6) is 0 Å². The molecule has 0 bridgehead atoms. The van der Waals surface area contributed by atoms with Gasteiger partial charge in [-0.3, -0.25) is 0 Å². The fourth-order valence-electron chi connectivity index (χ4n) is 1.57. The highest BCUT2D eigenvalue weighted by molar-refractivity contribution is 4.88. The fourth-order valence-corrected chi connectivity index (χ4v) is 1.57. The lowest BCUT2D eigenvalue weighted by atomic mass is 9.95. The Morgan fingerprint density at radius 1 is 1.07 bits per heavy atom. The Bertz CT molecular complexity index is 197. The van der Waals surface area contributed by atoms with Gasteiger partial charge in [0.05, 0.1) is 12.2 Å². The van der Waals surface area contributed by atoms with E-state index >= 15 is 0 Å². The van der Waals surface area contributed by atoms with Crippen LogP contribution in [0, 0.1) is 0 Å². The molecule has 15 heavy (non-hydrogen) atoms. The Morgan fingerprint density at radius 3 is 2.20 bits per heavy atom. The molecule has 0 aromatic rings. The van der Waals surface area contributed by atoms with E-state index in [1.54, 1.807) is 6.92 Å². The first-order chi connectivity index (χ1) is 6.93. The normalized spacial score (nSPS) is 44.0. The fraction of sp³-hybridized carbons (Fsp3) is 1.00. The van der Waals surface area contributed by atoms with Crippen molar-refractivity contribution in [1.29, 1.82) is 0 Å². The van der Waals surface area contributed by atoms with E-state index in [4.69, 9.17) is 9.84 Å². The summed E-state index contributed by atoms with van der Waals surface area (Å²) >= 11 is 0. The Balaban J connectivity index is 2.51. The number of hydrogen-bond donors (Lipinski definition) is 5. The van der Waals surface area contributed by atoms with Gasteiger partial charge in [0.15, 0.2) is 6.29 Å². The highest BCUT2D eigenvalue weighted by atomic mass is 16.6. The maximum Gasteiger partial charge on any atom is 0.183 e. The lowest BCUT2D eigenvalue weighted by Crippen LogP contribution is -2.57. The molecule has 1 saturated heterocycles. The van der Waals surface area contributed by atoms with Gasteiger partial charge in [-0.15, -0.1) is 0 Å². The SMILES string of the molecule is CC(O)CCC1O[C@@H](O)[C@H](O)[C@@H](O)[C@H]1O. The molecule has 0 amide bonds. The summed E-state index contributed by atoms with van der Waals surface area (Å²) in [4.78, 5) is 0. The minimum Gasteiger partial charge on any atom is -0.393 e. The van der Waals surface area contributed by atoms with Crippen molar-refractivity contribution in [3.63, 3.8) is 0 Å². The minimum atomic E-state index is -1.50. The van der Waals surface area contributed by atoms with E-state index in [0.29, 0.717) is 12.8 Å². The monoisotopic (exact) mass is 222 g/mol. The smallest absolute Gasteiger partial charge is 0.183 e. The number of rotatable bonds is 3. The third-order valence-corrected chi connectivity index (χ3v) is 2.56. The summed E-state index contributed by atoms with van der Waals surface area (Å²) in [5.41, 5.74) is 0. The van der Waals surface area contributed by atoms with Crippen LogP contribution in [0.2, 0.25) is 0 Å². The molecule has 1 rings (SSSR count). The minimum absolute atomic E-state index is 0.305. The largest absolute Gasteiger partial charge is 0.393 e. The van der Waals surface area contributed by atoms with Crippen molar-refractivity contribution in [3.8, 4) is 0 Å². The summed E-state index contributed by atoms with van der Waals surface area (Å²) < 4.78 is 4.92. The lowest BCUT2D eigenvalue weighted by Gasteiger charge is -2.38. The molecule has 1 aliphatic rings. The Kier molecular flexibility index (Phi) is 4.45.